The third-order valence-corrected chi connectivity index (χ3v) is 0. The minimum Gasteiger partial charge on any atom is -1.00 e. The molecule has 0 aliphatic rings. The van der Waals surface area contributed by atoms with Gasteiger partial charge in [-0.2, -0.15) is 0 Å². The number of hydrogen-bond donors (Lipinski definition) is 4. The maximum Gasteiger partial charge on any atom is 2.00 e. The molecule has 10 heavy (non-hydrogen) atoms. The van der Waals surface area contributed by atoms with E-state index in [2.05, 4.69) is 0 Å². The van der Waals surface area contributed by atoms with E-state index in [0.29, 0.717) is 0 Å². The summed E-state index contributed by atoms with van der Waals surface area (Å²) in [5, 5.41) is 0. The first-order chi connectivity index (χ1) is 3.46. The fourth-order valence-electron chi connectivity index (χ4n) is 0. The third-order valence-electron chi connectivity index (χ3n) is 0. The van der Waals surface area contributed by atoms with Crippen molar-refractivity contribution < 1.29 is 51.2 Å². The van der Waals surface area contributed by atoms with Crippen LogP contribution in [0, 0.1) is 0 Å². The zero-order valence-electron chi connectivity index (χ0n) is 8.31. The first-order valence-corrected chi connectivity index (χ1v) is 3.91. The van der Waals surface area contributed by atoms with Gasteiger partial charge in [-0.15, -0.1) is 0 Å². The molecule has 6 nitrogen and oxygen atoms in total. The zero-order valence-corrected chi connectivity index (χ0v) is 8.73. The summed E-state index contributed by atoms with van der Waals surface area (Å²) in [5.41, 5.74) is 0. The molecule has 0 aromatic carbocycles. The Labute approximate surface area is 92.5 Å². The molecule has 0 saturated carbocycles. The fraction of sp³-hybridized carbons (Fsp3) is 0. The molecule has 0 radical (unpaired) electrons. The molecule has 0 aromatic rings. The van der Waals surface area contributed by atoms with Gasteiger partial charge in [0, 0.05) is 0 Å². The van der Waals surface area contributed by atoms with Crippen LogP contribution in [0.4, 0.5) is 0 Å². The topological polar surface area (TPSA) is 115 Å². The van der Waals surface area contributed by atoms with E-state index >= 15 is 0 Å². The Hall–Kier alpha value is 0.597. The fourth-order valence-corrected chi connectivity index (χ4v) is 0. The van der Waals surface area contributed by atoms with Crippen molar-refractivity contribution in [1.82, 2.24) is 0 Å². The quantitative estimate of drug-likeness (QED) is 0.283. The van der Waals surface area contributed by atoms with Gasteiger partial charge >= 0.3 is 60.3 Å². The molecule has 0 saturated heterocycles. The summed E-state index contributed by atoms with van der Waals surface area (Å²) in [7, 11) is -6.26. The summed E-state index contributed by atoms with van der Waals surface area (Å²) in [6.45, 7) is 0. The average Bonchev–Trinajstić information content (AvgIpc) is 1.25. The van der Waals surface area contributed by atoms with Crippen molar-refractivity contribution in [3.05, 3.63) is 0 Å². The van der Waals surface area contributed by atoms with Crippen LogP contribution in [0.25, 0.3) is 0 Å². The van der Waals surface area contributed by atoms with E-state index in [0.717, 1.165) is 0 Å². The van der Waals surface area contributed by atoms with Crippen LogP contribution in [0.1, 0.15) is 4.28 Å². The van der Waals surface area contributed by atoms with Gasteiger partial charge in [0.25, 0.3) is 0 Å². The molecule has 0 aromatic heterocycles. The predicted molar refractivity (Wildman–Crippen MR) is 30.8 cm³/mol. The van der Waals surface area contributed by atoms with Crippen molar-refractivity contribution in [2.45, 2.75) is 0 Å². The van der Waals surface area contributed by atoms with Crippen LogP contribution in [-0.4, -0.2) is 60.6 Å². The van der Waals surface area contributed by atoms with Crippen molar-refractivity contribution in [1.29, 1.82) is 0 Å². The molecule has 0 fully saturated rings. The molecule has 54 valence electrons. The molecule has 0 unspecified atom stereocenters. The molecule has 0 aliphatic carbocycles. The van der Waals surface area contributed by atoms with Crippen LogP contribution in [0.2, 0.25) is 0 Å². The SMILES string of the molecule is O=[Si](O)O.O=[Si](O)O.[H-].[H-].[H-].[Li+].[Mg+2]. The monoisotopic (exact) mass is 190 g/mol. The third kappa shape index (κ3) is 1390. The van der Waals surface area contributed by atoms with Gasteiger partial charge < -0.3 is 23.5 Å². The number of rotatable bonds is 0. The second-order valence-corrected chi connectivity index (χ2v) is 1.70. The molecular weight excluding hydrogens is 183 g/mol. The van der Waals surface area contributed by atoms with E-state index in [9.17, 15) is 0 Å². The molecule has 0 amide bonds. The van der Waals surface area contributed by atoms with Crippen molar-refractivity contribution in [2.75, 3.05) is 0 Å². The van der Waals surface area contributed by atoms with Crippen molar-refractivity contribution in [3.63, 3.8) is 0 Å². The van der Waals surface area contributed by atoms with Gasteiger partial charge in [-0.1, -0.05) is 0 Å². The van der Waals surface area contributed by atoms with Gasteiger partial charge in [-0.05, 0) is 0 Å². The van der Waals surface area contributed by atoms with Crippen LogP contribution >= 0.6 is 0 Å². The predicted octanol–water partition coefficient (Wildman–Crippen LogP) is -6.27. The first kappa shape index (κ1) is 22.4. The Balaban J connectivity index is -0.00000000800. The maximum atomic E-state index is 8.74. The van der Waals surface area contributed by atoms with E-state index in [-0.39, 0.29) is 46.2 Å². The Morgan fingerprint density at radius 3 is 0.900 bits per heavy atom. The summed E-state index contributed by atoms with van der Waals surface area (Å²) in [4.78, 5) is 28.6. The zero-order chi connectivity index (χ0) is 7.15. The van der Waals surface area contributed by atoms with Crippen LogP contribution in [0.5, 0.6) is 0 Å². The van der Waals surface area contributed by atoms with E-state index in [1.807, 2.05) is 0 Å². The molecule has 0 heterocycles. The van der Waals surface area contributed by atoms with Crippen LogP contribution in [-0.2, 0) is 8.92 Å². The average molecular weight is 190 g/mol. The van der Waals surface area contributed by atoms with E-state index < -0.39 is 18.3 Å². The summed E-state index contributed by atoms with van der Waals surface area (Å²) in [6, 6.07) is 0. The Kier molecular flexibility index (Phi) is 36.6. The van der Waals surface area contributed by atoms with Gasteiger partial charge in [0.05, 0.1) is 0 Å². The Bertz CT molecular complexity index is 83.9. The summed E-state index contributed by atoms with van der Waals surface area (Å²) >= 11 is 0. The second kappa shape index (κ2) is 16.3. The minimum absolute atomic E-state index is 0. The molecule has 0 atom stereocenters. The molecule has 0 bridgehead atoms. The first-order valence-electron chi connectivity index (χ1n) is 1.30. The standard InChI is InChI=1S/Li.Mg.2H2O3Si.3H/c;;2*1-4(2)3;;;/h;;2*1-2H;;;/q+1;+2;;;3*-1. The van der Waals surface area contributed by atoms with E-state index in [4.69, 9.17) is 28.1 Å². The van der Waals surface area contributed by atoms with E-state index in [1.165, 1.54) is 0 Å². The number of hydrogen-bond acceptors (Lipinski definition) is 2. The van der Waals surface area contributed by atoms with Crippen molar-refractivity contribution >= 4 is 41.4 Å². The second-order valence-electron chi connectivity index (χ2n) is 0.565. The van der Waals surface area contributed by atoms with Crippen LogP contribution < -0.4 is 18.9 Å². The normalized spacial score (nSPS) is 4.80. The summed E-state index contributed by atoms with van der Waals surface area (Å²) in [5.74, 6) is 0. The smallest absolute Gasteiger partial charge is 1.00 e. The van der Waals surface area contributed by atoms with Crippen LogP contribution in [0.3, 0.4) is 0 Å². The molecule has 0 aliphatic heterocycles. The molecular formula is H7LiMgO6Si2. The molecule has 4 N–H and O–H groups in total. The van der Waals surface area contributed by atoms with Gasteiger partial charge in [0.15, 0.2) is 0 Å². The van der Waals surface area contributed by atoms with Crippen LogP contribution in [0.15, 0.2) is 0 Å². The maximum absolute atomic E-state index is 8.74. The van der Waals surface area contributed by atoms with Gasteiger partial charge in [0.1, 0.15) is 0 Å². The molecule has 0 rings (SSSR count). The summed E-state index contributed by atoms with van der Waals surface area (Å²) < 4.78 is 17.5. The van der Waals surface area contributed by atoms with Crippen molar-refractivity contribution in [3.8, 4) is 0 Å². The Morgan fingerprint density at radius 1 is 0.900 bits per heavy atom. The molecule has 10 heteroatoms. The minimum atomic E-state index is -3.13. The molecule has 0 spiro atoms. The largest absolute Gasteiger partial charge is 2.00 e. The van der Waals surface area contributed by atoms with Gasteiger partial charge in [0.2, 0.25) is 0 Å². The van der Waals surface area contributed by atoms with Gasteiger partial charge in [-0.3, -0.25) is 8.92 Å². The Morgan fingerprint density at radius 2 is 0.900 bits per heavy atom. The van der Waals surface area contributed by atoms with Gasteiger partial charge in [-0.25, -0.2) is 0 Å². The van der Waals surface area contributed by atoms with E-state index in [1.54, 1.807) is 0 Å². The van der Waals surface area contributed by atoms with Crippen molar-refractivity contribution in [2.24, 2.45) is 0 Å². The summed E-state index contributed by atoms with van der Waals surface area (Å²) in [6.07, 6.45) is 0.